The molecule has 0 radical (unpaired) electrons. The van der Waals surface area contributed by atoms with E-state index >= 15 is 0 Å². The lowest BCUT2D eigenvalue weighted by Gasteiger charge is -2.04. The van der Waals surface area contributed by atoms with E-state index in [2.05, 4.69) is 47.4 Å². The molecule has 1 heterocycles. The van der Waals surface area contributed by atoms with Gasteiger partial charge in [0.2, 0.25) is 0 Å². The van der Waals surface area contributed by atoms with E-state index < -0.39 is 0 Å². The largest absolute Gasteiger partial charge is 0.382 e. The first kappa shape index (κ1) is 13.2. The number of hydrogen-bond donors (Lipinski definition) is 1. The molecule has 20 heavy (non-hydrogen) atoms. The van der Waals surface area contributed by atoms with Gasteiger partial charge in [-0.2, -0.15) is 0 Å². The van der Waals surface area contributed by atoms with Crippen molar-refractivity contribution in [1.29, 1.82) is 0 Å². The highest BCUT2D eigenvalue weighted by atomic mass is 16.5. The summed E-state index contributed by atoms with van der Waals surface area (Å²) in [4.78, 5) is 3.44. The van der Waals surface area contributed by atoms with Crippen molar-refractivity contribution in [2.24, 2.45) is 0 Å². The monoisotopic (exact) mass is 269 g/mol. The van der Waals surface area contributed by atoms with Gasteiger partial charge in [-0.3, -0.25) is 0 Å². The molecule has 0 spiro atoms. The van der Waals surface area contributed by atoms with Crippen molar-refractivity contribution >= 4 is 21.8 Å². The molecule has 0 fully saturated rings. The van der Waals surface area contributed by atoms with Gasteiger partial charge in [0.05, 0.1) is 19.8 Å². The van der Waals surface area contributed by atoms with Crippen LogP contribution in [0.3, 0.4) is 0 Å². The van der Waals surface area contributed by atoms with Gasteiger partial charge < -0.3 is 14.5 Å². The average Bonchev–Trinajstić information content (AvgIpc) is 2.85. The van der Waals surface area contributed by atoms with Gasteiger partial charge in [0.1, 0.15) is 0 Å². The van der Waals surface area contributed by atoms with E-state index in [-0.39, 0.29) is 0 Å². The van der Waals surface area contributed by atoms with Crippen LogP contribution >= 0.6 is 0 Å². The van der Waals surface area contributed by atoms with Crippen molar-refractivity contribution in [2.45, 2.75) is 6.42 Å². The Labute approximate surface area is 118 Å². The molecule has 0 aliphatic rings. The number of methoxy groups -OCH3 is 1. The van der Waals surface area contributed by atoms with Crippen molar-refractivity contribution in [2.75, 3.05) is 26.9 Å². The summed E-state index contributed by atoms with van der Waals surface area (Å²) in [6.45, 7) is 2.05. The molecule has 0 bridgehead atoms. The van der Waals surface area contributed by atoms with Gasteiger partial charge in [0.25, 0.3) is 0 Å². The second-order valence-electron chi connectivity index (χ2n) is 4.91. The molecule has 0 aliphatic carbocycles. The second kappa shape index (κ2) is 6.07. The van der Waals surface area contributed by atoms with E-state index in [1.54, 1.807) is 7.11 Å². The summed E-state index contributed by atoms with van der Waals surface area (Å²) < 4.78 is 10.5. The van der Waals surface area contributed by atoms with Crippen LogP contribution in [-0.2, 0) is 15.9 Å². The lowest BCUT2D eigenvalue weighted by molar-refractivity contribution is 0.0722. The van der Waals surface area contributed by atoms with E-state index in [4.69, 9.17) is 9.47 Å². The molecule has 3 nitrogen and oxygen atoms in total. The van der Waals surface area contributed by atoms with Crippen LogP contribution in [0.2, 0.25) is 0 Å². The Morgan fingerprint density at radius 1 is 0.900 bits per heavy atom. The van der Waals surface area contributed by atoms with Crippen LogP contribution in [0.4, 0.5) is 0 Å². The molecule has 104 valence electrons. The van der Waals surface area contributed by atoms with Crippen molar-refractivity contribution in [3.63, 3.8) is 0 Å². The fourth-order valence-corrected chi connectivity index (χ4v) is 2.49. The highest BCUT2D eigenvalue weighted by Gasteiger charge is 2.04. The molecule has 3 rings (SSSR count). The third-order valence-corrected chi connectivity index (χ3v) is 3.54. The van der Waals surface area contributed by atoms with Gasteiger partial charge in [-0.05, 0) is 30.2 Å². The molecule has 2 aromatic carbocycles. The lowest BCUT2D eigenvalue weighted by atomic mass is 10.1. The molecule has 0 atom stereocenters. The Kier molecular flexibility index (Phi) is 4.00. The maximum absolute atomic E-state index is 5.53. The van der Waals surface area contributed by atoms with E-state index in [1.807, 2.05) is 0 Å². The normalized spacial score (nSPS) is 11.4. The Morgan fingerprint density at radius 3 is 2.65 bits per heavy atom. The van der Waals surface area contributed by atoms with Gasteiger partial charge in [0.15, 0.2) is 0 Å². The predicted octanol–water partition coefficient (Wildman–Crippen LogP) is 3.53. The molecular weight excluding hydrogens is 250 g/mol. The fraction of sp³-hybridized carbons (Fsp3) is 0.294. The standard InChI is InChI=1S/C17H19NO2/c1-19-10-11-20-9-8-13-6-7-17-15(12-13)14-4-2-3-5-16(14)18-17/h2-7,12,18H,8-11H2,1H3. The molecule has 0 amide bonds. The van der Waals surface area contributed by atoms with Gasteiger partial charge >= 0.3 is 0 Å². The van der Waals surface area contributed by atoms with Crippen LogP contribution in [-0.4, -0.2) is 31.9 Å². The van der Waals surface area contributed by atoms with Crippen LogP contribution < -0.4 is 0 Å². The second-order valence-corrected chi connectivity index (χ2v) is 4.91. The molecule has 3 aromatic rings. The maximum Gasteiger partial charge on any atom is 0.0700 e. The van der Waals surface area contributed by atoms with Gasteiger partial charge in [-0.15, -0.1) is 0 Å². The first-order valence-electron chi connectivity index (χ1n) is 6.94. The molecule has 0 saturated heterocycles. The zero-order valence-corrected chi connectivity index (χ0v) is 11.7. The molecule has 1 N–H and O–H groups in total. The zero-order chi connectivity index (χ0) is 13.8. The van der Waals surface area contributed by atoms with E-state index in [1.165, 1.54) is 27.4 Å². The summed E-state index contributed by atoms with van der Waals surface area (Å²) >= 11 is 0. The number of H-pyrrole nitrogens is 1. The third-order valence-electron chi connectivity index (χ3n) is 3.54. The molecule has 1 aromatic heterocycles. The van der Waals surface area contributed by atoms with Crippen molar-refractivity contribution in [1.82, 2.24) is 4.98 Å². The number of ether oxygens (including phenoxy) is 2. The summed E-state index contributed by atoms with van der Waals surface area (Å²) in [7, 11) is 1.69. The molecule has 0 saturated carbocycles. The Hall–Kier alpha value is -1.84. The van der Waals surface area contributed by atoms with E-state index in [9.17, 15) is 0 Å². The third kappa shape index (κ3) is 2.69. The van der Waals surface area contributed by atoms with E-state index in [0.717, 1.165) is 13.0 Å². The smallest absolute Gasteiger partial charge is 0.0700 e. The summed E-state index contributed by atoms with van der Waals surface area (Å²) in [5.74, 6) is 0. The number of aromatic nitrogens is 1. The number of para-hydroxylation sites is 1. The lowest BCUT2D eigenvalue weighted by Crippen LogP contribution is -2.04. The maximum atomic E-state index is 5.53. The number of rotatable bonds is 6. The van der Waals surface area contributed by atoms with Crippen LogP contribution in [0.1, 0.15) is 5.56 Å². The zero-order valence-electron chi connectivity index (χ0n) is 11.7. The van der Waals surface area contributed by atoms with Gasteiger partial charge in [-0.1, -0.05) is 24.3 Å². The van der Waals surface area contributed by atoms with Crippen LogP contribution in [0.15, 0.2) is 42.5 Å². The highest BCUT2D eigenvalue weighted by Crippen LogP contribution is 2.26. The van der Waals surface area contributed by atoms with Crippen LogP contribution in [0, 0.1) is 0 Å². The average molecular weight is 269 g/mol. The molecular formula is C17H19NO2. The number of fused-ring (bicyclic) bond motifs is 3. The first-order chi connectivity index (χ1) is 9.88. The number of nitrogens with one attached hydrogen (secondary N) is 1. The predicted molar refractivity (Wildman–Crippen MR) is 82.2 cm³/mol. The van der Waals surface area contributed by atoms with Crippen LogP contribution in [0.25, 0.3) is 21.8 Å². The van der Waals surface area contributed by atoms with E-state index in [0.29, 0.717) is 13.2 Å². The van der Waals surface area contributed by atoms with Crippen molar-refractivity contribution < 1.29 is 9.47 Å². The quantitative estimate of drug-likeness (QED) is 0.695. The van der Waals surface area contributed by atoms with Crippen LogP contribution in [0.5, 0.6) is 0 Å². The summed E-state index contributed by atoms with van der Waals surface area (Å²) in [5.41, 5.74) is 3.69. The Bertz CT molecular complexity index is 702. The number of aromatic amines is 1. The molecule has 0 aliphatic heterocycles. The minimum Gasteiger partial charge on any atom is -0.382 e. The molecule has 0 unspecified atom stereocenters. The first-order valence-corrected chi connectivity index (χ1v) is 6.94. The summed E-state index contributed by atoms with van der Waals surface area (Å²) in [6.07, 6.45) is 0.930. The Balaban J connectivity index is 1.77. The molecule has 3 heteroatoms. The van der Waals surface area contributed by atoms with Gasteiger partial charge in [-0.25, -0.2) is 0 Å². The highest BCUT2D eigenvalue weighted by molar-refractivity contribution is 6.07. The SMILES string of the molecule is COCCOCCc1ccc2[nH]c3ccccc3c2c1. The van der Waals surface area contributed by atoms with Crippen molar-refractivity contribution in [3.8, 4) is 0 Å². The van der Waals surface area contributed by atoms with Crippen molar-refractivity contribution in [3.05, 3.63) is 48.0 Å². The summed E-state index contributed by atoms with van der Waals surface area (Å²) in [5, 5.41) is 2.57. The van der Waals surface area contributed by atoms with Gasteiger partial charge in [0, 0.05) is 28.9 Å². The summed E-state index contributed by atoms with van der Waals surface area (Å²) in [6, 6.07) is 15.0. The Morgan fingerprint density at radius 2 is 1.75 bits per heavy atom. The number of hydrogen-bond acceptors (Lipinski definition) is 2. The minimum absolute atomic E-state index is 0.654. The topological polar surface area (TPSA) is 34.2 Å². The number of benzene rings is 2. The minimum atomic E-state index is 0.654. The fourth-order valence-electron chi connectivity index (χ4n) is 2.49.